The van der Waals surface area contributed by atoms with Crippen LogP contribution in [0.25, 0.3) is 17.1 Å². The predicted molar refractivity (Wildman–Crippen MR) is 105 cm³/mol. The van der Waals surface area contributed by atoms with Gasteiger partial charge in [0.15, 0.2) is 0 Å². The summed E-state index contributed by atoms with van der Waals surface area (Å²) in [5.74, 6) is -0.0932. The van der Waals surface area contributed by atoms with Crippen molar-refractivity contribution in [3.63, 3.8) is 0 Å². The Labute approximate surface area is 158 Å². The van der Waals surface area contributed by atoms with Crippen LogP contribution in [0.1, 0.15) is 30.7 Å². The van der Waals surface area contributed by atoms with E-state index in [9.17, 15) is 4.79 Å². The van der Waals surface area contributed by atoms with Gasteiger partial charge in [-0.15, -0.1) is 0 Å². The Kier molecular flexibility index (Phi) is 5.58. The zero-order valence-corrected chi connectivity index (χ0v) is 15.3. The van der Waals surface area contributed by atoms with Gasteiger partial charge in [0.1, 0.15) is 0 Å². The fraction of sp³-hybridized carbons (Fsp3) is 0.182. The van der Waals surface area contributed by atoms with Gasteiger partial charge in [-0.2, -0.15) is 5.26 Å². The highest BCUT2D eigenvalue weighted by atomic mass is 16.2. The first kappa shape index (κ1) is 18.3. The standard InChI is InChI=1S/C22H20N4O/c1-16(2)26(15-18-9-7-17(13-23)8-10-18)22(27)12-11-19-14-24-20-5-3-4-6-21(20)25-19/h3-12,14,16H,15H2,1-2H3/b12-11+. The summed E-state index contributed by atoms with van der Waals surface area (Å²) in [6.07, 6.45) is 4.88. The summed E-state index contributed by atoms with van der Waals surface area (Å²) < 4.78 is 0. The number of amides is 1. The average Bonchev–Trinajstić information content (AvgIpc) is 2.70. The molecule has 0 aliphatic heterocycles. The molecule has 3 aromatic rings. The third-order valence-electron chi connectivity index (χ3n) is 4.21. The number of fused-ring (bicyclic) bond motifs is 1. The molecule has 134 valence electrons. The van der Waals surface area contributed by atoms with Gasteiger partial charge in [-0.3, -0.25) is 9.78 Å². The van der Waals surface area contributed by atoms with Crippen LogP contribution in [0, 0.1) is 11.3 Å². The van der Waals surface area contributed by atoms with Crippen LogP contribution in [-0.4, -0.2) is 26.8 Å². The minimum absolute atomic E-state index is 0.0421. The van der Waals surface area contributed by atoms with Gasteiger partial charge in [0, 0.05) is 18.7 Å². The average molecular weight is 356 g/mol. The Morgan fingerprint density at radius 3 is 2.52 bits per heavy atom. The lowest BCUT2D eigenvalue weighted by molar-refractivity contribution is -0.128. The summed E-state index contributed by atoms with van der Waals surface area (Å²) in [6.45, 7) is 4.44. The summed E-state index contributed by atoms with van der Waals surface area (Å²) in [6, 6.07) is 17.0. The van der Waals surface area contributed by atoms with Gasteiger partial charge >= 0.3 is 0 Å². The number of nitrogens with zero attached hydrogens (tertiary/aromatic N) is 4. The first-order valence-electron chi connectivity index (χ1n) is 8.76. The second-order valence-corrected chi connectivity index (χ2v) is 6.49. The van der Waals surface area contributed by atoms with Crippen LogP contribution in [0.4, 0.5) is 0 Å². The molecule has 3 rings (SSSR count). The van der Waals surface area contributed by atoms with Crippen molar-refractivity contribution < 1.29 is 4.79 Å². The van der Waals surface area contributed by atoms with Crippen molar-refractivity contribution in [3.8, 4) is 6.07 Å². The topological polar surface area (TPSA) is 69.9 Å². The second kappa shape index (κ2) is 8.24. The van der Waals surface area contributed by atoms with Gasteiger partial charge in [-0.1, -0.05) is 24.3 Å². The number of aromatic nitrogens is 2. The molecule has 0 bridgehead atoms. The molecule has 2 aromatic carbocycles. The molecule has 0 radical (unpaired) electrons. The number of nitriles is 1. The highest BCUT2D eigenvalue weighted by molar-refractivity contribution is 5.92. The summed E-state index contributed by atoms with van der Waals surface area (Å²) in [5, 5.41) is 8.90. The van der Waals surface area contributed by atoms with Crippen LogP contribution in [0.15, 0.2) is 60.8 Å². The van der Waals surface area contributed by atoms with E-state index in [0.717, 1.165) is 16.6 Å². The van der Waals surface area contributed by atoms with E-state index >= 15 is 0 Å². The van der Waals surface area contributed by atoms with Gasteiger partial charge in [-0.25, -0.2) is 4.98 Å². The largest absolute Gasteiger partial charge is 0.332 e. The van der Waals surface area contributed by atoms with Crippen molar-refractivity contribution in [1.82, 2.24) is 14.9 Å². The van der Waals surface area contributed by atoms with Gasteiger partial charge in [-0.05, 0) is 49.8 Å². The monoisotopic (exact) mass is 356 g/mol. The first-order valence-corrected chi connectivity index (χ1v) is 8.76. The van der Waals surface area contributed by atoms with Gasteiger partial charge in [0.25, 0.3) is 0 Å². The molecule has 0 atom stereocenters. The van der Waals surface area contributed by atoms with Crippen molar-refractivity contribution in [3.05, 3.63) is 77.6 Å². The van der Waals surface area contributed by atoms with E-state index in [1.807, 2.05) is 50.2 Å². The highest BCUT2D eigenvalue weighted by Crippen LogP contribution is 2.12. The lowest BCUT2D eigenvalue weighted by Crippen LogP contribution is -2.35. The van der Waals surface area contributed by atoms with Gasteiger partial charge in [0.05, 0.1) is 34.6 Å². The Morgan fingerprint density at radius 2 is 1.85 bits per heavy atom. The number of para-hydroxylation sites is 2. The summed E-state index contributed by atoms with van der Waals surface area (Å²) in [4.78, 5) is 23.3. The fourth-order valence-corrected chi connectivity index (χ4v) is 2.70. The summed E-state index contributed by atoms with van der Waals surface area (Å²) in [7, 11) is 0. The minimum Gasteiger partial charge on any atom is -0.332 e. The molecule has 0 spiro atoms. The van der Waals surface area contributed by atoms with Crippen LogP contribution < -0.4 is 0 Å². The first-order chi connectivity index (χ1) is 13.1. The number of hydrogen-bond acceptors (Lipinski definition) is 4. The van der Waals surface area contributed by atoms with Gasteiger partial charge in [0.2, 0.25) is 5.91 Å². The van der Waals surface area contributed by atoms with Crippen molar-refractivity contribution >= 4 is 23.0 Å². The maximum atomic E-state index is 12.7. The molecular weight excluding hydrogens is 336 g/mol. The van der Waals surface area contributed by atoms with E-state index < -0.39 is 0 Å². The van der Waals surface area contributed by atoms with E-state index in [1.54, 1.807) is 29.3 Å². The molecule has 0 N–H and O–H groups in total. The zero-order valence-electron chi connectivity index (χ0n) is 15.3. The highest BCUT2D eigenvalue weighted by Gasteiger charge is 2.15. The Bertz CT molecular complexity index is 1020. The van der Waals surface area contributed by atoms with E-state index in [0.29, 0.717) is 17.8 Å². The molecule has 1 amide bonds. The molecule has 0 fully saturated rings. The third kappa shape index (κ3) is 4.56. The van der Waals surface area contributed by atoms with Crippen LogP contribution in [0.3, 0.4) is 0 Å². The molecule has 0 saturated heterocycles. The predicted octanol–water partition coefficient (Wildman–Crippen LogP) is 3.95. The normalized spacial score (nSPS) is 11.0. The second-order valence-electron chi connectivity index (χ2n) is 6.49. The lowest BCUT2D eigenvalue weighted by atomic mass is 10.1. The molecular formula is C22H20N4O. The molecule has 0 saturated carbocycles. The maximum Gasteiger partial charge on any atom is 0.247 e. The van der Waals surface area contributed by atoms with Crippen LogP contribution in [0.5, 0.6) is 0 Å². The SMILES string of the molecule is CC(C)N(Cc1ccc(C#N)cc1)C(=O)/C=C/c1cnc2ccccc2n1. The molecule has 1 aromatic heterocycles. The number of rotatable bonds is 5. The Hall–Kier alpha value is -3.52. The summed E-state index contributed by atoms with van der Waals surface area (Å²) >= 11 is 0. The Balaban J connectivity index is 1.75. The van der Waals surface area contributed by atoms with Crippen LogP contribution in [-0.2, 0) is 11.3 Å². The van der Waals surface area contributed by atoms with Gasteiger partial charge < -0.3 is 4.90 Å². The van der Waals surface area contributed by atoms with E-state index in [4.69, 9.17) is 5.26 Å². The molecule has 5 heteroatoms. The van der Waals surface area contributed by atoms with Crippen molar-refractivity contribution in [1.29, 1.82) is 5.26 Å². The molecule has 5 nitrogen and oxygen atoms in total. The van der Waals surface area contributed by atoms with Crippen molar-refractivity contribution in [2.45, 2.75) is 26.4 Å². The molecule has 1 heterocycles. The van der Waals surface area contributed by atoms with Crippen LogP contribution >= 0.6 is 0 Å². The van der Waals surface area contributed by atoms with E-state index in [2.05, 4.69) is 16.0 Å². The maximum absolute atomic E-state index is 12.7. The van der Waals surface area contributed by atoms with E-state index in [1.165, 1.54) is 6.08 Å². The number of benzene rings is 2. The molecule has 0 aliphatic carbocycles. The van der Waals surface area contributed by atoms with E-state index in [-0.39, 0.29) is 11.9 Å². The smallest absolute Gasteiger partial charge is 0.247 e. The van der Waals surface area contributed by atoms with Crippen molar-refractivity contribution in [2.24, 2.45) is 0 Å². The van der Waals surface area contributed by atoms with Crippen molar-refractivity contribution in [2.75, 3.05) is 0 Å². The number of carbonyl (C=O) groups excluding carboxylic acids is 1. The van der Waals surface area contributed by atoms with Crippen LogP contribution in [0.2, 0.25) is 0 Å². The molecule has 27 heavy (non-hydrogen) atoms. The molecule has 0 unspecified atom stereocenters. The zero-order chi connectivity index (χ0) is 19.2. The number of carbonyl (C=O) groups is 1. The Morgan fingerprint density at radius 1 is 1.15 bits per heavy atom. The minimum atomic E-state index is -0.0932. The molecule has 0 aliphatic rings. The number of hydrogen-bond donors (Lipinski definition) is 0. The fourth-order valence-electron chi connectivity index (χ4n) is 2.70. The quantitative estimate of drug-likeness (QED) is 0.649. The summed E-state index contributed by atoms with van der Waals surface area (Å²) in [5.41, 5.74) is 3.85. The lowest BCUT2D eigenvalue weighted by Gasteiger charge is -2.25. The third-order valence-corrected chi connectivity index (χ3v) is 4.21.